The van der Waals surface area contributed by atoms with Crippen LogP contribution >= 0.6 is 11.3 Å². The van der Waals surface area contributed by atoms with Crippen molar-refractivity contribution in [2.75, 3.05) is 0 Å². The minimum Gasteiger partial charge on any atom is -0.143 e. The maximum Gasteiger partial charge on any atom is 0.0421 e. The number of thiophene rings is 1. The number of hydrogen-bond acceptors (Lipinski definition) is 1. The Hall–Kier alpha value is -3.42. The summed E-state index contributed by atoms with van der Waals surface area (Å²) in [6.45, 7) is 0. The summed E-state index contributed by atoms with van der Waals surface area (Å²) in [6.07, 6.45) is 4.50. The first-order valence-electron chi connectivity index (χ1n) is 9.85. The highest BCUT2D eigenvalue weighted by Crippen LogP contribution is 2.37. The van der Waals surface area contributed by atoms with Gasteiger partial charge in [-0.15, -0.1) is 11.3 Å². The van der Waals surface area contributed by atoms with Crippen LogP contribution in [-0.2, 0) is 0 Å². The second-order valence-electron chi connectivity index (χ2n) is 7.45. The molecule has 6 aromatic rings. The van der Waals surface area contributed by atoms with E-state index in [1.54, 1.807) is 0 Å². The van der Waals surface area contributed by atoms with Gasteiger partial charge in [0.2, 0.25) is 0 Å². The van der Waals surface area contributed by atoms with E-state index in [2.05, 4.69) is 109 Å². The van der Waals surface area contributed by atoms with Gasteiger partial charge in [0.1, 0.15) is 0 Å². The van der Waals surface area contributed by atoms with Gasteiger partial charge in [0.15, 0.2) is 0 Å². The Morgan fingerprint density at radius 3 is 2.24 bits per heavy atom. The molecule has 0 radical (unpaired) electrons. The predicted octanol–water partition coefficient (Wildman–Crippen LogP) is 8.53. The summed E-state index contributed by atoms with van der Waals surface area (Å²) in [5, 5.41) is 11.4. The number of rotatable bonds is 2. The molecular weight excluding hydrogens is 368 g/mol. The minimum atomic E-state index is 1.23. The summed E-state index contributed by atoms with van der Waals surface area (Å²) in [6, 6.07) is 32.9. The molecule has 0 nitrogen and oxygen atoms in total. The van der Waals surface area contributed by atoms with Gasteiger partial charge in [-0.3, -0.25) is 0 Å². The van der Waals surface area contributed by atoms with Crippen LogP contribution in [-0.4, -0.2) is 0 Å². The number of hydrogen-bond donors (Lipinski definition) is 0. The normalized spacial score (nSPS) is 12.0. The molecule has 0 saturated heterocycles. The molecule has 0 aliphatic carbocycles. The van der Waals surface area contributed by atoms with Crippen molar-refractivity contribution in [1.29, 1.82) is 0 Å². The Balaban J connectivity index is 1.56. The van der Waals surface area contributed by atoms with E-state index in [0.717, 1.165) is 0 Å². The lowest BCUT2D eigenvalue weighted by atomic mass is 9.97. The molecule has 0 aliphatic rings. The average Bonchev–Trinajstić information content (AvgIpc) is 3.27. The van der Waals surface area contributed by atoms with E-state index in [4.69, 9.17) is 0 Å². The lowest BCUT2D eigenvalue weighted by molar-refractivity contribution is 1.71. The molecule has 1 heteroatoms. The van der Waals surface area contributed by atoms with Gasteiger partial charge >= 0.3 is 0 Å². The summed E-state index contributed by atoms with van der Waals surface area (Å²) >= 11 is 1.82. The Morgan fingerprint density at radius 2 is 1.31 bits per heavy atom. The molecule has 6 rings (SSSR count). The van der Waals surface area contributed by atoms with E-state index >= 15 is 0 Å². The smallest absolute Gasteiger partial charge is 0.0421 e. The van der Waals surface area contributed by atoms with Gasteiger partial charge < -0.3 is 0 Å². The van der Waals surface area contributed by atoms with Crippen molar-refractivity contribution in [1.82, 2.24) is 0 Å². The van der Waals surface area contributed by atoms with Gasteiger partial charge in [0.05, 0.1) is 0 Å². The third kappa shape index (κ3) is 2.74. The average molecular weight is 387 g/mol. The summed E-state index contributed by atoms with van der Waals surface area (Å²) in [5.41, 5.74) is 2.51. The maximum atomic E-state index is 2.36. The Morgan fingerprint density at radius 1 is 0.517 bits per heavy atom. The van der Waals surface area contributed by atoms with Crippen LogP contribution in [0, 0.1) is 0 Å². The predicted molar refractivity (Wildman–Crippen MR) is 130 cm³/mol. The zero-order valence-electron chi connectivity index (χ0n) is 15.8. The fraction of sp³-hybridized carbons (Fsp3) is 0. The van der Waals surface area contributed by atoms with Crippen molar-refractivity contribution in [2.45, 2.75) is 0 Å². The first-order valence-corrected chi connectivity index (χ1v) is 10.7. The Bertz CT molecular complexity index is 1550. The fourth-order valence-corrected chi connectivity index (χ4v) is 5.18. The Kier molecular flexibility index (Phi) is 3.75. The van der Waals surface area contributed by atoms with Crippen LogP contribution in [0.2, 0.25) is 0 Å². The lowest BCUT2D eigenvalue weighted by Gasteiger charge is -2.08. The van der Waals surface area contributed by atoms with Crippen molar-refractivity contribution >= 4 is 65.9 Å². The van der Waals surface area contributed by atoms with E-state index in [1.807, 2.05) is 11.3 Å². The maximum absolute atomic E-state index is 2.36. The van der Waals surface area contributed by atoms with Gasteiger partial charge in [-0.1, -0.05) is 84.9 Å². The molecule has 5 aromatic carbocycles. The topological polar surface area (TPSA) is 0 Å². The monoisotopic (exact) mass is 386 g/mol. The molecule has 0 saturated carbocycles. The zero-order valence-corrected chi connectivity index (χ0v) is 16.6. The summed E-state index contributed by atoms with van der Waals surface area (Å²) in [5.74, 6) is 0. The van der Waals surface area contributed by atoms with Crippen molar-refractivity contribution in [3.8, 4) is 0 Å². The van der Waals surface area contributed by atoms with Crippen LogP contribution in [0.15, 0.2) is 96.4 Å². The van der Waals surface area contributed by atoms with E-state index in [1.165, 1.54) is 53.5 Å². The summed E-state index contributed by atoms with van der Waals surface area (Å²) < 4.78 is 1.35. The molecule has 0 bridgehead atoms. The van der Waals surface area contributed by atoms with Crippen LogP contribution in [0.4, 0.5) is 0 Å². The highest BCUT2D eigenvalue weighted by molar-refractivity contribution is 7.17. The van der Waals surface area contributed by atoms with Gasteiger partial charge in [0.25, 0.3) is 0 Å². The molecule has 0 N–H and O–H groups in total. The van der Waals surface area contributed by atoms with Crippen LogP contribution in [0.25, 0.3) is 54.6 Å². The third-order valence-corrected chi connectivity index (χ3v) is 6.68. The van der Waals surface area contributed by atoms with Crippen LogP contribution in [0.3, 0.4) is 0 Å². The van der Waals surface area contributed by atoms with Gasteiger partial charge in [0, 0.05) is 10.1 Å². The molecule has 0 aliphatic heterocycles. The standard InChI is InChI=1S/C28H18S/c1-2-7-22-17-19(9-11-20(22)5-1)10-12-23-18-27-24-8-4-3-6-21(24)13-14-25(27)26-15-16-29-28(23)26/h1-18H/b12-10+. The lowest BCUT2D eigenvalue weighted by Crippen LogP contribution is -1.82. The van der Waals surface area contributed by atoms with Crippen LogP contribution in [0.1, 0.15) is 11.1 Å². The molecule has 1 aromatic heterocycles. The molecule has 0 amide bonds. The molecule has 0 unspecified atom stereocenters. The highest BCUT2D eigenvalue weighted by Gasteiger charge is 2.09. The fourth-order valence-electron chi connectivity index (χ4n) is 4.27. The first kappa shape index (κ1) is 16.5. The second-order valence-corrected chi connectivity index (χ2v) is 8.37. The number of benzene rings is 5. The van der Waals surface area contributed by atoms with Crippen molar-refractivity contribution in [3.05, 3.63) is 108 Å². The summed E-state index contributed by atoms with van der Waals surface area (Å²) in [4.78, 5) is 0. The molecule has 29 heavy (non-hydrogen) atoms. The third-order valence-electron chi connectivity index (χ3n) is 5.72. The molecule has 0 atom stereocenters. The molecular formula is C28H18S. The van der Waals surface area contributed by atoms with Crippen molar-refractivity contribution < 1.29 is 0 Å². The molecule has 0 spiro atoms. The van der Waals surface area contributed by atoms with E-state index < -0.39 is 0 Å². The quantitative estimate of drug-likeness (QED) is 0.207. The molecule has 0 fully saturated rings. The van der Waals surface area contributed by atoms with Crippen LogP contribution in [0.5, 0.6) is 0 Å². The summed E-state index contributed by atoms with van der Waals surface area (Å²) in [7, 11) is 0. The van der Waals surface area contributed by atoms with Gasteiger partial charge in [-0.05, 0) is 67.0 Å². The van der Waals surface area contributed by atoms with E-state index in [9.17, 15) is 0 Å². The second kappa shape index (κ2) is 6.58. The Labute approximate surface area is 173 Å². The number of fused-ring (bicyclic) bond motifs is 6. The SMILES string of the molecule is C(=C\c1cc2c3ccccc3ccc2c2ccsc12)/c1ccc2ccccc2c1. The van der Waals surface area contributed by atoms with Gasteiger partial charge in [-0.25, -0.2) is 0 Å². The zero-order chi connectivity index (χ0) is 19.2. The van der Waals surface area contributed by atoms with Crippen molar-refractivity contribution in [3.63, 3.8) is 0 Å². The molecule has 1 heterocycles. The van der Waals surface area contributed by atoms with E-state index in [0.29, 0.717) is 0 Å². The minimum absolute atomic E-state index is 1.23. The van der Waals surface area contributed by atoms with E-state index in [-0.39, 0.29) is 0 Å². The highest BCUT2D eigenvalue weighted by atomic mass is 32.1. The largest absolute Gasteiger partial charge is 0.143 e. The molecule has 136 valence electrons. The van der Waals surface area contributed by atoms with Crippen molar-refractivity contribution in [2.24, 2.45) is 0 Å². The van der Waals surface area contributed by atoms with Crippen LogP contribution < -0.4 is 0 Å². The first-order chi connectivity index (χ1) is 14.4. The van der Waals surface area contributed by atoms with Gasteiger partial charge in [-0.2, -0.15) is 0 Å².